The standard InChI is InChI=1S/C56H90NO7P/c1-6-8-10-12-14-16-18-20-22-24-26-28-29-30-31-33-35-37-39-41-43-45-47-49-56(58)64-55(54-63-65(59,60)62-52-50-57(3,4)5)53-61-51-48-46-44-42-40-38-36-34-32-27-25-23-21-19-17-15-13-11-9-7-2/h8-11,14-17,20-23,26-28,30-32,35-38,41,43,55H,6-7,12-13,18-19,24-25,29,33-34,39-40,42,44-54H2,1-5H3/b10-8-,11-9-,16-14-,17-15-,22-20-,23-21-,28-26-,31-30-,32-27-,37-35-,38-36-,43-41-. The number of carbonyl (C=O) groups is 1. The summed E-state index contributed by atoms with van der Waals surface area (Å²) in [6.45, 7) is 4.99. The van der Waals surface area contributed by atoms with Crippen LogP contribution in [0.15, 0.2) is 146 Å². The van der Waals surface area contributed by atoms with Gasteiger partial charge in [-0.05, 0) is 109 Å². The van der Waals surface area contributed by atoms with Gasteiger partial charge >= 0.3 is 5.97 Å². The van der Waals surface area contributed by atoms with Crippen LogP contribution in [0.4, 0.5) is 0 Å². The van der Waals surface area contributed by atoms with Crippen molar-refractivity contribution in [2.24, 2.45) is 0 Å². The molecule has 0 aromatic carbocycles. The molecule has 0 radical (unpaired) electrons. The number of esters is 1. The average molecular weight is 920 g/mol. The van der Waals surface area contributed by atoms with Crippen molar-refractivity contribution in [1.82, 2.24) is 0 Å². The Morgan fingerprint density at radius 1 is 0.477 bits per heavy atom. The van der Waals surface area contributed by atoms with Crippen LogP contribution in [0, 0.1) is 0 Å². The summed E-state index contributed by atoms with van der Waals surface area (Å²) in [5.74, 6) is -0.408. The molecule has 0 rings (SSSR count). The van der Waals surface area contributed by atoms with Gasteiger partial charge in [0.05, 0.1) is 34.4 Å². The van der Waals surface area contributed by atoms with Crippen LogP contribution < -0.4 is 4.89 Å². The molecule has 0 aliphatic carbocycles. The number of phosphoric ester groups is 1. The zero-order chi connectivity index (χ0) is 47.6. The Morgan fingerprint density at radius 3 is 1.25 bits per heavy atom. The maximum Gasteiger partial charge on any atom is 0.306 e. The van der Waals surface area contributed by atoms with Gasteiger partial charge in [0, 0.05) is 13.0 Å². The second-order valence-corrected chi connectivity index (χ2v) is 18.1. The molecule has 8 nitrogen and oxygen atoms in total. The second-order valence-electron chi connectivity index (χ2n) is 16.7. The summed E-state index contributed by atoms with van der Waals surface area (Å²) in [6.07, 6.45) is 70.2. The van der Waals surface area contributed by atoms with E-state index in [-0.39, 0.29) is 26.2 Å². The summed E-state index contributed by atoms with van der Waals surface area (Å²) in [5, 5.41) is 0. The monoisotopic (exact) mass is 920 g/mol. The highest BCUT2D eigenvalue weighted by Crippen LogP contribution is 2.38. The molecule has 0 saturated carbocycles. The van der Waals surface area contributed by atoms with E-state index in [1.54, 1.807) is 0 Å². The van der Waals surface area contributed by atoms with Crippen molar-refractivity contribution in [1.29, 1.82) is 0 Å². The van der Waals surface area contributed by atoms with Crippen molar-refractivity contribution >= 4 is 13.8 Å². The van der Waals surface area contributed by atoms with Crippen molar-refractivity contribution in [3.05, 3.63) is 146 Å². The number of ether oxygens (including phenoxy) is 2. The molecule has 0 heterocycles. The van der Waals surface area contributed by atoms with Crippen molar-refractivity contribution in [3.8, 4) is 0 Å². The van der Waals surface area contributed by atoms with Gasteiger partial charge in [-0.25, -0.2) is 0 Å². The minimum Gasteiger partial charge on any atom is -0.756 e. The molecular weight excluding hydrogens is 830 g/mol. The van der Waals surface area contributed by atoms with Gasteiger partial charge in [-0.1, -0.05) is 173 Å². The Balaban J connectivity index is 4.39. The van der Waals surface area contributed by atoms with E-state index >= 15 is 0 Å². The number of unbranched alkanes of at least 4 members (excludes halogenated alkanes) is 5. The molecule has 2 unspecified atom stereocenters. The smallest absolute Gasteiger partial charge is 0.306 e. The second kappa shape index (κ2) is 46.9. The number of likely N-dealkylation sites (N-methyl/N-ethyl adjacent to an activating group) is 1. The zero-order valence-corrected chi connectivity index (χ0v) is 42.3. The highest BCUT2D eigenvalue weighted by Gasteiger charge is 2.20. The van der Waals surface area contributed by atoms with E-state index in [0.29, 0.717) is 24.1 Å². The number of hydrogen-bond acceptors (Lipinski definition) is 7. The molecule has 0 aliphatic heterocycles. The Morgan fingerprint density at radius 2 is 0.846 bits per heavy atom. The van der Waals surface area contributed by atoms with E-state index in [9.17, 15) is 14.3 Å². The SMILES string of the molecule is CC/C=C\C/C=C\C/C=C\C/C=C\C/C=C\C/C=C\C/C=C\CCCC(=O)OC(COCCCCCC/C=C\C/C=C\C/C=C\C/C=C\C/C=C\CC)COP(=O)([O-])OCC[N+](C)(C)C. The third-order valence-corrected chi connectivity index (χ3v) is 10.4. The summed E-state index contributed by atoms with van der Waals surface area (Å²) < 4.78 is 34.6. The first-order chi connectivity index (χ1) is 31.6. The van der Waals surface area contributed by atoms with Crippen LogP contribution >= 0.6 is 7.82 Å². The maximum absolute atomic E-state index is 12.7. The molecule has 0 spiro atoms. The Labute approximate surface area is 397 Å². The van der Waals surface area contributed by atoms with Gasteiger partial charge in [0.25, 0.3) is 7.82 Å². The number of rotatable bonds is 43. The molecule has 2 atom stereocenters. The lowest BCUT2D eigenvalue weighted by atomic mass is 10.1. The number of hydrogen-bond donors (Lipinski definition) is 0. The quantitative estimate of drug-likeness (QED) is 0.0198. The fourth-order valence-electron chi connectivity index (χ4n) is 5.68. The summed E-state index contributed by atoms with van der Waals surface area (Å²) >= 11 is 0. The molecule has 0 bridgehead atoms. The van der Waals surface area contributed by atoms with Gasteiger partial charge in [-0.15, -0.1) is 0 Å². The van der Waals surface area contributed by atoms with E-state index in [0.717, 1.165) is 116 Å². The van der Waals surface area contributed by atoms with E-state index in [1.165, 1.54) is 0 Å². The molecule has 0 fully saturated rings. The third-order valence-electron chi connectivity index (χ3n) is 9.39. The summed E-state index contributed by atoms with van der Waals surface area (Å²) in [6, 6.07) is 0. The van der Waals surface area contributed by atoms with Gasteiger partial charge in [0.15, 0.2) is 0 Å². The Kier molecular flexibility index (Phi) is 44.3. The lowest BCUT2D eigenvalue weighted by Gasteiger charge is -2.28. The van der Waals surface area contributed by atoms with Crippen LogP contribution in [0.25, 0.3) is 0 Å². The molecule has 0 aromatic rings. The number of allylic oxidation sites excluding steroid dienone is 24. The number of nitrogens with zero attached hydrogens (tertiary/aromatic N) is 1. The summed E-state index contributed by atoms with van der Waals surface area (Å²) in [7, 11) is 1.27. The molecule has 65 heavy (non-hydrogen) atoms. The molecule has 0 aliphatic rings. The van der Waals surface area contributed by atoms with Crippen LogP contribution in [0.3, 0.4) is 0 Å². The average Bonchev–Trinajstić information content (AvgIpc) is 3.27. The molecule has 0 aromatic heterocycles. The van der Waals surface area contributed by atoms with Crippen LogP contribution in [-0.4, -0.2) is 70.7 Å². The van der Waals surface area contributed by atoms with Gasteiger partial charge < -0.3 is 27.9 Å². The molecule has 9 heteroatoms. The minimum absolute atomic E-state index is 0.0000772. The van der Waals surface area contributed by atoms with Gasteiger partial charge in [0.1, 0.15) is 19.3 Å². The maximum atomic E-state index is 12.7. The molecule has 0 amide bonds. The predicted octanol–water partition coefficient (Wildman–Crippen LogP) is 14.6. The van der Waals surface area contributed by atoms with Crippen molar-refractivity contribution in [2.45, 2.75) is 148 Å². The lowest BCUT2D eigenvalue weighted by molar-refractivity contribution is -0.870. The van der Waals surface area contributed by atoms with E-state index in [2.05, 4.69) is 160 Å². The number of carbonyl (C=O) groups excluding carboxylic acids is 1. The van der Waals surface area contributed by atoms with Crippen molar-refractivity contribution in [2.75, 3.05) is 54.1 Å². The summed E-state index contributed by atoms with van der Waals surface area (Å²) in [5.41, 5.74) is 0. The van der Waals surface area contributed by atoms with Crippen LogP contribution in [0.5, 0.6) is 0 Å². The van der Waals surface area contributed by atoms with E-state index in [4.69, 9.17) is 18.5 Å². The first-order valence-corrected chi connectivity index (χ1v) is 26.0. The van der Waals surface area contributed by atoms with Crippen LogP contribution in [0.1, 0.15) is 142 Å². The fraction of sp³-hybridized carbons (Fsp3) is 0.554. The number of phosphoric acid groups is 1. The zero-order valence-electron chi connectivity index (χ0n) is 41.4. The van der Waals surface area contributed by atoms with Crippen LogP contribution in [0.2, 0.25) is 0 Å². The highest BCUT2D eigenvalue weighted by molar-refractivity contribution is 7.45. The summed E-state index contributed by atoms with van der Waals surface area (Å²) in [4.78, 5) is 25.1. The van der Waals surface area contributed by atoms with E-state index < -0.39 is 19.9 Å². The minimum atomic E-state index is -4.57. The highest BCUT2D eigenvalue weighted by atomic mass is 31.2. The van der Waals surface area contributed by atoms with Crippen LogP contribution in [-0.2, 0) is 27.9 Å². The molecular formula is C56H90NO7P. The Hall–Kier alpha value is -3.62. The van der Waals surface area contributed by atoms with E-state index in [1.807, 2.05) is 21.1 Å². The lowest BCUT2D eigenvalue weighted by Crippen LogP contribution is -2.37. The predicted molar refractivity (Wildman–Crippen MR) is 276 cm³/mol. The topological polar surface area (TPSA) is 94.1 Å². The van der Waals surface area contributed by atoms with Gasteiger partial charge in [-0.3, -0.25) is 9.36 Å². The first kappa shape index (κ1) is 61.4. The van der Waals surface area contributed by atoms with Crippen molar-refractivity contribution in [3.63, 3.8) is 0 Å². The van der Waals surface area contributed by atoms with Gasteiger partial charge in [-0.2, -0.15) is 0 Å². The van der Waals surface area contributed by atoms with Crippen molar-refractivity contribution < 1.29 is 37.3 Å². The number of quaternary nitrogens is 1. The molecule has 366 valence electrons. The Bertz CT molecular complexity index is 1540. The normalized spacial score (nSPS) is 14.9. The largest absolute Gasteiger partial charge is 0.756 e. The first-order valence-electron chi connectivity index (χ1n) is 24.6. The fourth-order valence-corrected chi connectivity index (χ4v) is 6.41. The van der Waals surface area contributed by atoms with Gasteiger partial charge in [0.2, 0.25) is 0 Å². The molecule has 0 N–H and O–H groups in total. The third kappa shape index (κ3) is 51.2. The molecule has 0 saturated heterocycles.